The van der Waals surface area contributed by atoms with Gasteiger partial charge in [0.15, 0.2) is 0 Å². The van der Waals surface area contributed by atoms with Crippen molar-refractivity contribution >= 4 is 0 Å². The van der Waals surface area contributed by atoms with E-state index in [0.29, 0.717) is 39.1 Å². The Hall–Kier alpha value is -0.200. The summed E-state index contributed by atoms with van der Waals surface area (Å²) in [5, 5.41) is 12.6. The monoisotopic (exact) mass is 249 g/mol. The van der Waals surface area contributed by atoms with Crippen molar-refractivity contribution in [3.8, 4) is 0 Å². The highest BCUT2D eigenvalue weighted by molar-refractivity contribution is 4.83. The molecule has 2 N–H and O–H groups in total. The van der Waals surface area contributed by atoms with Crippen LogP contribution < -0.4 is 5.32 Å². The summed E-state index contributed by atoms with van der Waals surface area (Å²) in [6, 6.07) is 0.314. The third kappa shape index (κ3) is 9.50. The lowest BCUT2D eigenvalue weighted by Crippen LogP contribution is -2.52. The molecule has 5 heteroatoms. The maximum absolute atomic E-state index is 9.32. The quantitative estimate of drug-likeness (QED) is 0.520. The molecule has 0 rings (SSSR count). The SMILES string of the molecule is COCCOCCOCC(C)(CO)NC(C)C. The largest absolute Gasteiger partial charge is 0.394 e. The van der Waals surface area contributed by atoms with E-state index in [4.69, 9.17) is 14.2 Å². The van der Waals surface area contributed by atoms with Crippen molar-refractivity contribution in [3.05, 3.63) is 0 Å². The number of ether oxygens (including phenoxy) is 3. The Bertz CT molecular complexity index is 178. The first-order valence-corrected chi connectivity index (χ1v) is 6.07. The maximum atomic E-state index is 9.32. The third-order valence-electron chi connectivity index (χ3n) is 2.21. The van der Waals surface area contributed by atoms with Crippen LogP contribution in [0.1, 0.15) is 20.8 Å². The minimum absolute atomic E-state index is 0.0513. The van der Waals surface area contributed by atoms with E-state index >= 15 is 0 Å². The average Bonchev–Trinajstić information content (AvgIpc) is 2.27. The van der Waals surface area contributed by atoms with E-state index in [1.54, 1.807) is 7.11 Å². The highest BCUT2D eigenvalue weighted by Gasteiger charge is 2.23. The lowest BCUT2D eigenvalue weighted by atomic mass is 10.0. The van der Waals surface area contributed by atoms with Crippen LogP contribution in [0.2, 0.25) is 0 Å². The highest BCUT2D eigenvalue weighted by atomic mass is 16.5. The molecule has 0 saturated carbocycles. The molecule has 0 aromatic carbocycles. The Morgan fingerprint density at radius 2 is 1.71 bits per heavy atom. The van der Waals surface area contributed by atoms with Crippen LogP contribution in [-0.4, -0.2) is 63.4 Å². The van der Waals surface area contributed by atoms with Gasteiger partial charge in [-0.2, -0.15) is 0 Å². The molecule has 0 bridgehead atoms. The van der Waals surface area contributed by atoms with Crippen LogP contribution in [0.25, 0.3) is 0 Å². The van der Waals surface area contributed by atoms with Crippen LogP contribution in [0.4, 0.5) is 0 Å². The van der Waals surface area contributed by atoms with Crippen LogP contribution in [0.5, 0.6) is 0 Å². The molecule has 1 unspecified atom stereocenters. The van der Waals surface area contributed by atoms with Crippen molar-refractivity contribution < 1.29 is 19.3 Å². The summed E-state index contributed by atoms with van der Waals surface area (Å²) in [4.78, 5) is 0. The molecule has 17 heavy (non-hydrogen) atoms. The predicted molar refractivity (Wildman–Crippen MR) is 67.3 cm³/mol. The van der Waals surface area contributed by atoms with Gasteiger partial charge < -0.3 is 24.6 Å². The van der Waals surface area contributed by atoms with Crippen LogP contribution >= 0.6 is 0 Å². The first-order valence-electron chi connectivity index (χ1n) is 6.07. The molecule has 0 spiro atoms. The summed E-state index contributed by atoms with van der Waals surface area (Å²) in [7, 11) is 1.64. The minimum Gasteiger partial charge on any atom is -0.394 e. The molecule has 0 aliphatic heterocycles. The Morgan fingerprint density at radius 3 is 2.24 bits per heavy atom. The second-order valence-corrected chi connectivity index (χ2v) is 4.68. The fourth-order valence-corrected chi connectivity index (χ4v) is 1.49. The molecule has 0 aromatic rings. The van der Waals surface area contributed by atoms with Gasteiger partial charge >= 0.3 is 0 Å². The molecule has 0 amide bonds. The molecule has 0 heterocycles. The number of rotatable bonds is 11. The molecule has 1 atom stereocenters. The van der Waals surface area contributed by atoms with Gasteiger partial charge in [0, 0.05) is 13.2 Å². The van der Waals surface area contributed by atoms with Gasteiger partial charge in [-0.05, 0) is 6.92 Å². The van der Waals surface area contributed by atoms with Crippen molar-refractivity contribution in [2.24, 2.45) is 0 Å². The summed E-state index contributed by atoms with van der Waals surface area (Å²) in [6.07, 6.45) is 0. The normalized spacial score (nSPS) is 15.2. The van der Waals surface area contributed by atoms with Crippen LogP contribution in [0.15, 0.2) is 0 Å². The summed E-state index contributed by atoms with van der Waals surface area (Å²) in [6.45, 7) is 8.81. The number of nitrogens with one attached hydrogen (secondary N) is 1. The van der Waals surface area contributed by atoms with E-state index in [-0.39, 0.29) is 12.1 Å². The predicted octanol–water partition coefficient (Wildman–Crippen LogP) is 0.415. The van der Waals surface area contributed by atoms with Crippen molar-refractivity contribution in [2.45, 2.75) is 32.4 Å². The van der Waals surface area contributed by atoms with Gasteiger partial charge in [-0.15, -0.1) is 0 Å². The molecular formula is C12H27NO4. The second-order valence-electron chi connectivity index (χ2n) is 4.68. The summed E-state index contributed by atoms with van der Waals surface area (Å²) >= 11 is 0. The van der Waals surface area contributed by atoms with Crippen LogP contribution in [0.3, 0.4) is 0 Å². The summed E-state index contributed by atoms with van der Waals surface area (Å²) < 4.78 is 15.6. The smallest absolute Gasteiger partial charge is 0.0701 e. The highest BCUT2D eigenvalue weighted by Crippen LogP contribution is 2.05. The zero-order chi connectivity index (χ0) is 13.1. The van der Waals surface area contributed by atoms with Gasteiger partial charge in [-0.1, -0.05) is 13.8 Å². The Morgan fingerprint density at radius 1 is 1.12 bits per heavy atom. The molecule has 0 aliphatic carbocycles. The van der Waals surface area contributed by atoms with Crippen molar-refractivity contribution in [1.82, 2.24) is 5.32 Å². The van der Waals surface area contributed by atoms with Gasteiger partial charge in [0.1, 0.15) is 0 Å². The van der Waals surface area contributed by atoms with Gasteiger partial charge in [0.25, 0.3) is 0 Å². The zero-order valence-electron chi connectivity index (χ0n) is 11.5. The standard InChI is InChI=1S/C12H27NO4/c1-11(2)13-12(3,9-14)10-17-8-7-16-6-5-15-4/h11,13-14H,5-10H2,1-4H3. The number of hydrogen-bond acceptors (Lipinski definition) is 5. The van der Waals surface area contributed by atoms with E-state index in [1.807, 2.05) is 20.8 Å². The molecule has 5 nitrogen and oxygen atoms in total. The number of hydrogen-bond donors (Lipinski definition) is 2. The van der Waals surface area contributed by atoms with Crippen molar-refractivity contribution in [3.63, 3.8) is 0 Å². The fourth-order valence-electron chi connectivity index (χ4n) is 1.49. The van der Waals surface area contributed by atoms with Gasteiger partial charge in [0.05, 0.1) is 45.2 Å². The summed E-state index contributed by atoms with van der Waals surface area (Å²) in [5.41, 5.74) is -0.388. The summed E-state index contributed by atoms with van der Waals surface area (Å²) in [5.74, 6) is 0. The fraction of sp³-hybridized carbons (Fsp3) is 1.00. The van der Waals surface area contributed by atoms with Gasteiger partial charge in [-0.3, -0.25) is 0 Å². The van der Waals surface area contributed by atoms with Gasteiger partial charge in [-0.25, -0.2) is 0 Å². The van der Waals surface area contributed by atoms with E-state index in [2.05, 4.69) is 5.32 Å². The first kappa shape index (κ1) is 16.8. The molecule has 0 radical (unpaired) electrons. The number of methoxy groups -OCH3 is 1. The molecule has 0 aromatic heterocycles. The van der Waals surface area contributed by atoms with E-state index in [9.17, 15) is 5.11 Å². The number of aliphatic hydroxyl groups excluding tert-OH is 1. The lowest BCUT2D eigenvalue weighted by molar-refractivity contribution is -0.00337. The van der Waals surface area contributed by atoms with Crippen molar-refractivity contribution in [2.75, 3.05) is 46.8 Å². The third-order valence-corrected chi connectivity index (χ3v) is 2.21. The Labute approximate surface area is 104 Å². The van der Waals surface area contributed by atoms with Crippen LogP contribution in [-0.2, 0) is 14.2 Å². The first-order chi connectivity index (χ1) is 8.04. The molecule has 104 valence electrons. The average molecular weight is 249 g/mol. The maximum Gasteiger partial charge on any atom is 0.0701 e. The molecule has 0 fully saturated rings. The molecule has 0 saturated heterocycles. The zero-order valence-corrected chi connectivity index (χ0v) is 11.5. The van der Waals surface area contributed by atoms with E-state index in [0.717, 1.165) is 0 Å². The number of aliphatic hydroxyl groups is 1. The second kappa shape index (κ2) is 9.79. The Kier molecular flexibility index (Phi) is 9.68. The van der Waals surface area contributed by atoms with Crippen molar-refractivity contribution in [1.29, 1.82) is 0 Å². The lowest BCUT2D eigenvalue weighted by Gasteiger charge is -2.30. The topological polar surface area (TPSA) is 60.0 Å². The van der Waals surface area contributed by atoms with Gasteiger partial charge in [0.2, 0.25) is 0 Å². The van der Waals surface area contributed by atoms with E-state index < -0.39 is 0 Å². The molecule has 0 aliphatic rings. The van der Waals surface area contributed by atoms with E-state index in [1.165, 1.54) is 0 Å². The minimum atomic E-state index is -0.388. The Balaban J connectivity index is 3.55. The van der Waals surface area contributed by atoms with Crippen LogP contribution in [0, 0.1) is 0 Å². The molecular weight excluding hydrogens is 222 g/mol.